The molecule has 1 fully saturated rings. The van der Waals surface area contributed by atoms with Crippen LogP contribution in [0.15, 0.2) is 35.7 Å². The van der Waals surface area contributed by atoms with Crippen molar-refractivity contribution in [1.82, 2.24) is 20.5 Å². The summed E-state index contributed by atoms with van der Waals surface area (Å²) in [5.41, 5.74) is 1.75. The van der Waals surface area contributed by atoms with Gasteiger partial charge in [-0.15, -0.1) is 11.3 Å². The number of likely N-dealkylation sites (tertiary alicyclic amines) is 1. The van der Waals surface area contributed by atoms with Gasteiger partial charge in [0, 0.05) is 36.0 Å². The van der Waals surface area contributed by atoms with Crippen molar-refractivity contribution in [2.24, 2.45) is 0 Å². The number of nitrogens with zero attached hydrogens (tertiary/aromatic N) is 2. The maximum absolute atomic E-state index is 12.3. The summed E-state index contributed by atoms with van der Waals surface area (Å²) in [5.74, 6) is 0.00385. The fourth-order valence-electron chi connectivity index (χ4n) is 3.54. The van der Waals surface area contributed by atoms with Crippen LogP contribution in [-0.4, -0.2) is 47.4 Å². The Morgan fingerprint density at radius 3 is 2.64 bits per heavy atom. The average molecular weight is 401 g/mol. The van der Waals surface area contributed by atoms with Gasteiger partial charge in [0.2, 0.25) is 5.91 Å². The maximum Gasteiger partial charge on any atom is 0.251 e. The number of benzene rings is 1. The lowest BCUT2D eigenvalue weighted by atomic mass is 10.1. The predicted octanol–water partition coefficient (Wildman–Crippen LogP) is 2.60. The molecular formula is C21H28N4O2S. The zero-order valence-electron chi connectivity index (χ0n) is 16.5. The minimum absolute atomic E-state index is 0.0508. The number of aromatic nitrogens is 1. The fraction of sp³-hybridized carbons (Fsp3) is 0.476. The van der Waals surface area contributed by atoms with Crippen LogP contribution in [0.4, 0.5) is 0 Å². The molecule has 0 saturated carbocycles. The summed E-state index contributed by atoms with van der Waals surface area (Å²) in [6, 6.07) is 9.71. The van der Waals surface area contributed by atoms with Gasteiger partial charge in [0.25, 0.3) is 5.91 Å². The van der Waals surface area contributed by atoms with E-state index >= 15 is 0 Å². The zero-order valence-corrected chi connectivity index (χ0v) is 17.3. The molecule has 2 atom stereocenters. The molecule has 1 aromatic carbocycles. The summed E-state index contributed by atoms with van der Waals surface area (Å²) in [5, 5.41) is 8.99. The molecule has 6 nitrogen and oxygen atoms in total. The number of carbonyl (C=O) groups is 2. The Balaban J connectivity index is 1.41. The van der Waals surface area contributed by atoms with Crippen molar-refractivity contribution < 1.29 is 9.59 Å². The van der Waals surface area contributed by atoms with Gasteiger partial charge in [0.05, 0.1) is 12.2 Å². The van der Waals surface area contributed by atoms with E-state index in [-0.39, 0.29) is 23.9 Å². The van der Waals surface area contributed by atoms with E-state index < -0.39 is 0 Å². The summed E-state index contributed by atoms with van der Waals surface area (Å²) in [6.45, 7) is 3.17. The number of amides is 2. The first-order valence-corrected chi connectivity index (χ1v) is 10.7. The van der Waals surface area contributed by atoms with Crippen LogP contribution in [0.1, 0.15) is 47.2 Å². The lowest BCUT2D eigenvalue weighted by Crippen LogP contribution is -2.42. The van der Waals surface area contributed by atoms with Gasteiger partial charge in [0.15, 0.2) is 0 Å². The van der Waals surface area contributed by atoms with Crippen LogP contribution in [0.3, 0.4) is 0 Å². The molecule has 150 valence electrons. The van der Waals surface area contributed by atoms with Gasteiger partial charge in [0.1, 0.15) is 5.01 Å². The Kier molecular flexibility index (Phi) is 7.17. The molecule has 2 N–H and O–H groups in total. The number of nitrogens with one attached hydrogen (secondary N) is 2. The second-order valence-electron chi connectivity index (χ2n) is 7.19. The van der Waals surface area contributed by atoms with Gasteiger partial charge in [-0.1, -0.05) is 25.1 Å². The quantitative estimate of drug-likeness (QED) is 0.714. The number of likely N-dealkylation sites (N-methyl/N-ethyl adjacent to an activating group) is 1. The highest BCUT2D eigenvalue weighted by Crippen LogP contribution is 2.24. The van der Waals surface area contributed by atoms with Crippen molar-refractivity contribution in [2.75, 3.05) is 13.6 Å². The Bertz CT molecular complexity index is 793. The Morgan fingerprint density at radius 2 is 1.93 bits per heavy atom. The highest BCUT2D eigenvalue weighted by atomic mass is 32.1. The first kappa shape index (κ1) is 20.5. The zero-order chi connectivity index (χ0) is 19.9. The van der Waals surface area contributed by atoms with Gasteiger partial charge in [-0.3, -0.25) is 14.5 Å². The van der Waals surface area contributed by atoms with E-state index in [0.717, 1.165) is 30.0 Å². The summed E-state index contributed by atoms with van der Waals surface area (Å²) in [4.78, 5) is 31.2. The van der Waals surface area contributed by atoms with Crippen molar-refractivity contribution in [3.05, 3.63) is 52.0 Å². The van der Waals surface area contributed by atoms with Gasteiger partial charge in [-0.05, 0) is 38.4 Å². The number of thiazole rings is 1. The second-order valence-corrected chi connectivity index (χ2v) is 8.14. The molecule has 1 aliphatic rings. The van der Waals surface area contributed by atoms with Crippen molar-refractivity contribution in [3.8, 4) is 0 Å². The van der Waals surface area contributed by atoms with E-state index in [2.05, 4.69) is 27.4 Å². The van der Waals surface area contributed by atoms with Crippen molar-refractivity contribution in [2.45, 2.75) is 51.2 Å². The van der Waals surface area contributed by atoms with E-state index in [0.29, 0.717) is 25.1 Å². The molecule has 1 saturated heterocycles. The molecule has 0 unspecified atom stereocenters. The molecule has 28 heavy (non-hydrogen) atoms. The minimum Gasteiger partial charge on any atom is -0.350 e. The highest BCUT2D eigenvalue weighted by Gasteiger charge is 2.31. The lowest BCUT2D eigenvalue weighted by Gasteiger charge is -2.25. The molecule has 2 heterocycles. The van der Waals surface area contributed by atoms with Crippen molar-refractivity contribution in [3.63, 3.8) is 0 Å². The minimum atomic E-state index is -0.0508. The van der Waals surface area contributed by atoms with Gasteiger partial charge in [-0.25, -0.2) is 4.98 Å². The monoisotopic (exact) mass is 400 g/mol. The molecule has 0 spiro atoms. The van der Waals surface area contributed by atoms with E-state index in [9.17, 15) is 9.59 Å². The third-order valence-electron chi connectivity index (χ3n) is 5.34. The Labute approximate surface area is 170 Å². The summed E-state index contributed by atoms with van der Waals surface area (Å²) < 4.78 is 0. The van der Waals surface area contributed by atoms with Gasteiger partial charge >= 0.3 is 0 Å². The molecule has 2 amide bonds. The van der Waals surface area contributed by atoms with Crippen LogP contribution in [0.2, 0.25) is 0 Å². The van der Waals surface area contributed by atoms with E-state index in [1.165, 1.54) is 0 Å². The van der Waals surface area contributed by atoms with Crippen LogP contribution < -0.4 is 10.6 Å². The van der Waals surface area contributed by atoms with Crippen molar-refractivity contribution >= 4 is 23.2 Å². The summed E-state index contributed by atoms with van der Waals surface area (Å²) in [6.07, 6.45) is 3.34. The standard InChI is InChI=1S/C21H28N4O2S/c1-3-16-14-28-20(24-16)13-22-19(26)11-17-9-10-18(25(17)2)12-23-21(27)15-7-5-4-6-8-15/h4-8,14,17-18H,3,9-13H2,1-2H3,(H,22,26)(H,23,27)/t17-,18+/m1/s1. The maximum atomic E-state index is 12.3. The second kappa shape index (κ2) is 9.80. The largest absolute Gasteiger partial charge is 0.350 e. The molecule has 2 aromatic rings. The van der Waals surface area contributed by atoms with Gasteiger partial charge < -0.3 is 10.6 Å². The highest BCUT2D eigenvalue weighted by molar-refractivity contribution is 7.09. The number of hydrogen-bond acceptors (Lipinski definition) is 5. The molecule has 0 radical (unpaired) electrons. The molecule has 3 rings (SSSR count). The molecule has 0 aliphatic carbocycles. The number of rotatable bonds is 8. The van der Waals surface area contributed by atoms with Crippen molar-refractivity contribution in [1.29, 1.82) is 0 Å². The normalized spacial score (nSPS) is 19.5. The Hall–Kier alpha value is -2.25. The third kappa shape index (κ3) is 5.39. The van der Waals surface area contributed by atoms with Crippen LogP contribution in [-0.2, 0) is 17.8 Å². The number of carbonyl (C=O) groups excluding carboxylic acids is 2. The van der Waals surface area contributed by atoms with Gasteiger partial charge in [-0.2, -0.15) is 0 Å². The van der Waals surface area contributed by atoms with E-state index in [4.69, 9.17) is 0 Å². The molecule has 7 heteroatoms. The molecular weight excluding hydrogens is 372 g/mol. The number of aryl methyl sites for hydroxylation is 1. The molecule has 1 aromatic heterocycles. The van der Waals surface area contributed by atoms with Crippen LogP contribution in [0, 0.1) is 0 Å². The average Bonchev–Trinajstić information content (AvgIpc) is 3.32. The summed E-state index contributed by atoms with van der Waals surface area (Å²) >= 11 is 1.59. The smallest absolute Gasteiger partial charge is 0.251 e. The fourth-order valence-corrected chi connectivity index (χ4v) is 4.35. The predicted molar refractivity (Wildman–Crippen MR) is 111 cm³/mol. The lowest BCUT2D eigenvalue weighted by molar-refractivity contribution is -0.122. The first-order chi connectivity index (χ1) is 13.6. The SMILES string of the molecule is CCc1csc(CNC(=O)C[C@H]2CC[C@@H](CNC(=O)c3ccccc3)N2C)n1. The third-order valence-corrected chi connectivity index (χ3v) is 6.24. The molecule has 1 aliphatic heterocycles. The first-order valence-electron chi connectivity index (χ1n) is 9.82. The van der Waals surface area contributed by atoms with E-state index in [1.807, 2.05) is 42.8 Å². The van der Waals surface area contributed by atoms with Crippen LogP contribution in [0.25, 0.3) is 0 Å². The summed E-state index contributed by atoms with van der Waals surface area (Å²) in [7, 11) is 2.04. The number of hydrogen-bond donors (Lipinski definition) is 2. The van der Waals surface area contributed by atoms with E-state index in [1.54, 1.807) is 11.3 Å². The van der Waals surface area contributed by atoms with Crippen LogP contribution >= 0.6 is 11.3 Å². The molecule has 0 bridgehead atoms. The Morgan fingerprint density at radius 1 is 1.18 bits per heavy atom. The van der Waals surface area contributed by atoms with Crippen LogP contribution in [0.5, 0.6) is 0 Å². The topological polar surface area (TPSA) is 74.3 Å².